The second-order valence-corrected chi connectivity index (χ2v) is 7.82. The van der Waals surface area contributed by atoms with Crippen LogP contribution in [0.15, 0.2) is 72.3 Å². The van der Waals surface area contributed by atoms with E-state index in [1.165, 1.54) is 42.3 Å². The molecule has 0 saturated carbocycles. The number of halogens is 2. The fraction of sp³-hybridized carbons (Fsp3) is 0.120. The van der Waals surface area contributed by atoms with Crippen molar-refractivity contribution in [2.45, 2.75) is 13.0 Å². The molecule has 0 radical (unpaired) electrons. The third-order valence-corrected chi connectivity index (χ3v) is 5.63. The fourth-order valence-corrected chi connectivity index (χ4v) is 4.06. The Hall–Kier alpha value is -3.64. The Morgan fingerprint density at radius 2 is 1.78 bits per heavy atom. The van der Waals surface area contributed by atoms with E-state index in [0.717, 1.165) is 5.56 Å². The van der Waals surface area contributed by atoms with Gasteiger partial charge in [-0.05, 0) is 60.5 Å². The normalized spacial score (nSPS) is 17.6. The summed E-state index contributed by atoms with van der Waals surface area (Å²) < 4.78 is 18.7. The molecule has 1 N–H and O–H groups in total. The van der Waals surface area contributed by atoms with E-state index in [1.54, 1.807) is 30.3 Å². The molecule has 1 aliphatic rings. The topological polar surface area (TPSA) is 66.8 Å². The summed E-state index contributed by atoms with van der Waals surface area (Å²) in [5.41, 5.74) is 2.01. The Labute approximate surface area is 189 Å². The number of carbonyl (C=O) groups excluding carboxylic acids is 2. The molecule has 0 bridgehead atoms. The van der Waals surface area contributed by atoms with Crippen LogP contribution in [-0.2, 0) is 9.59 Å². The van der Waals surface area contributed by atoms with Gasteiger partial charge in [0.2, 0.25) is 0 Å². The predicted octanol–water partition coefficient (Wildman–Crippen LogP) is 5.42. The van der Waals surface area contributed by atoms with Crippen molar-refractivity contribution < 1.29 is 23.8 Å². The van der Waals surface area contributed by atoms with Gasteiger partial charge in [-0.2, -0.15) is 0 Å². The Morgan fingerprint density at radius 1 is 1.06 bits per heavy atom. The molecular weight excluding hydrogens is 433 g/mol. The molecule has 1 amide bonds. The Kier molecular flexibility index (Phi) is 5.72. The number of amides is 1. The van der Waals surface area contributed by atoms with Crippen LogP contribution in [0.4, 0.5) is 10.1 Å². The maximum Gasteiger partial charge on any atom is 0.300 e. The number of Topliss-reactive ketones (excluding diaryl/α,β-unsaturated/α-hetero) is 1. The molecule has 1 saturated heterocycles. The third-order valence-electron chi connectivity index (χ3n) is 5.34. The van der Waals surface area contributed by atoms with E-state index in [2.05, 4.69) is 0 Å². The van der Waals surface area contributed by atoms with Gasteiger partial charge in [0.25, 0.3) is 11.7 Å². The number of aliphatic hydroxyl groups excluding tert-OH is 1. The smallest absolute Gasteiger partial charge is 0.300 e. The van der Waals surface area contributed by atoms with Crippen LogP contribution in [0.1, 0.15) is 22.7 Å². The number of rotatable bonds is 4. The Morgan fingerprint density at radius 3 is 2.41 bits per heavy atom. The van der Waals surface area contributed by atoms with Crippen LogP contribution in [0, 0.1) is 12.7 Å². The maximum atomic E-state index is 13.6. The monoisotopic (exact) mass is 451 g/mol. The first-order chi connectivity index (χ1) is 15.3. The molecule has 32 heavy (non-hydrogen) atoms. The Balaban J connectivity index is 1.94. The molecule has 3 aromatic carbocycles. The molecule has 7 heteroatoms. The number of hydrogen-bond donors (Lipinski definition) is 1. The summed E-state index contributed by atoms with van der Waals surface area (Å²) in [5, 5.41) is 11.3. The summed E-state index contributed by atoms with van der Waals surface area (Å²) in [6.07, 6.45) is 0. The van der Waals surface area contributed by atoms with E-state index in [1.807, 2.05) is 13.0 Å². The molecule has 5 nitrogen and oxygen atoms in total. The highest BCUT2D eigenvalue weighted by Crippen LogP contribution is 2.42. The van der Waals surface area contributed by atoms with E-state index in [9.17, 15) is 19.1 Å². The second kappa shape index (κ2) is 8.48. The number of methoxy groups -OCH3 is 1. The van der Waals surface area contributed by atoms with Gasteiger partial charge in [-0.15, -0.1) is 0 Å². The van der Waals surface area contributed by atoms with Gasteiger partial charge in [0, 0.05) is 11.3 Å². The van der Waals surface area contributed by atoms with Crippen LogP contribution in [0.25, 0.3) is 5.76 Å². The van der Waals surface area contributed by atoms with Crippen molar-refractivity contribution in [3.63, 3.8) is 0 Å². The molecule has 1 aliphatic heterocycles. The SMILES string of the molecule is COc1ccc(/C(O)=C2/C(=O)C(=O)N(c3cccc(C)c3)C2c2ccc(F)cc2)cc1Cl. The average molecular weight is 452 g/mol. The summed E-state index contributed by atoms with van der Waals surface area (Å²) in [4.78, 5) is 27.5. The van der Waals surface area contributed by atoms with Crippen LogP contribution in [0.2, 0.25) is 5.02 Å². The summed E-state index contributed by atoms with van der Waals surface area (Å²) in [6, 6.07) is 16.2. The van der Waals surface area contributed by atoms with Crippen LogP contribution in [-0.4, -0.2) is 23.9 Å². The summed E-state index contributed by atoms with van der Waals surface area (Å²) in [7, 11) is 1.46. The van der Waals surface area contributed by atoms with Gasteiger partial charge in [0.05, 0.1) is 23.7 Å². The highest BCUT2D eigenvalue weighted by molar-refractivity contribution is 6.51. The molecule has 4 rings (SSSR count). The van der Waals surface area contributed by atoms with Crippen LogP contribution >= 0.6 is 11.6 Å². The van der Waals surface area contributed by atoms with Gasteiger partial charge in [-0.3, -0.25) is 14.5 Å². The van der Waals surface area contributed by atoms with Gasteiger partial charge in [-0.1, -0.05) is 35.9 Å². The lowest BCUT2D eigenvalue weighted by Gasteiger charge is -2.25. The van der Waals surface area contributed by atoms with Gasteiger partial charge >= 0.3 is 0 Å². The van der Waals surface area contributed by atoms with Gasteiger partial charge in [0.15, 0.2) is 0 Å². The number of hydrogen-bond acceptors (Lipinski definition) is 4. The van der Waals surface area contributed by atoms with E-state index in [-0.39, 0.29) is 21.9 Å². The predicted molar refractivity (Wildman–Crippen MR) is 120 cm³/mol. The third kappa shape index (κ3) is 3.74. The van der Waals surface area contributed by atoms with Gasteiger partial charge in [-0.25, -0.2) is 4.39 Å². The number of ether oxygens (including phenoxy) is 1. The number of anilines is 1. The fourth-order valence-electron chi connectivity index (χ4n) is 3.81. The van der Waals surface area contributed by atoms with E-state index >= 15 is 0 Å². The molecule has 0 aliphatic carbocycles. The van der Waals surface area contributed by atoms with E-state index in [0.29, 0.717) is 17.0 Å². The van der Waals surface area contributed by atoms with E-state index < -0.39 is 23.5 Å². The Bertz CT molecular complexity index is 1250. The van der Waals surface area contributed by atoms with Crippen molar-refractivity contribution >= 4 is 34.7 Å². The minimum atomic E-state index is -0.946. The minimum absolute atomic E-state index is 0.107. The quantitative estimate of drug-likeness (QED) is 0.326. The van der Waals surface area contributed by atoms with Crippen molar-refractivity contribution in [3.05, 3.63) is 99.8 Å². The number of nitrogens with zero attached hydrogens (tertiary/aromatic N) is 1. The molecule has 0 aromatic heterocycles. The van der Waals surface area contributed by atoms with Crippen molar-refractivity contribution in [2.24, 2.45) is 0 Å². The first kappa shape index (κ1) is 21.6. The van der Waals surface area contributed by atoms with Gasteiger partial charge in [0.1, 0.15) is 17.3 Å². The first-order valence-electron chi connectivity index (χ1n) is 9.79. The molecule has 1 heterocycles. The second-order valence-electron chi connectivity index (χ2n) is 7.41. The van der Waals surface area contributed by atoms with Crippen molar-refractivity contribution in [1.82, 2.24) is 0 Å². The highest BCUT2D eigenvalue weighted by Gasteiger charge is 2.47. The summed E-state index contributed by atoms with van der Waals surface area (Å²) in [6.45, 7) is 1.87. The van der Waals surface area contributed by atoms with Crippen molar-refractivity contribution in [3.8, 4) is 5.75 Å². The van der Waals surface area contributed by atoms with Crippen LogP contribution in [0.3, 0.4) is 0 Å². The molecular formula is C25H19ClFNO4. The zero-order valence-corrected chi connectivity index (χ0v) is 18.1. The van der Waals surface area contributed by atoms with Gasteiger partial charge < -0.3 is 9.84 Å². The van der Waals surface area contributed by atoms with Crippen molar-refractivity contribution in [2.75, 3.05) is 12.0 Å². The van der Waals surface area contributed by atoms with Crippen LogP contribution < -0.4 is 9.64 Å². The lowest BCUT2D eigenvalue weighted by molar-refractivity contribution is -0.132. The minimum Gasteiger partial charge on any atom is -0.507 e. The molecule has 162 valence electrons. The number of aryl methyl sites for hydroxylation is 1. The lowest BCUT2D eigenvalue weighted by Crippen LogP contribution is -2.29. The number of carbonyl (C=O) groups is 2. The number of aliphatic hydroxyl groups is 1. The van der Waals surface area contributed by atoms with Crippen LogP contribution in [0.5, 0.6) is 5.75 Å². The molecule has 3 aromatic rings. The zero-order valence-electron chi connectivity index (χ0n) is 17.3. The molecule has 1 atom stereocenters. The van der Waals surface area contributed by atoms with E-state index in [4.69, 9.17) is 16.3 Å². The summed E-state index contributed by atoms with van der Waals surface area (Å²) >= 11 is 6.20. The molecule has 1 unspecified atom stereocenters. The maximum absolute atomic E-state index is 13.6. The average Bonchev–Trinajstić information content (AvgIpc) is 3.04. The zero-order chi connectivity index (χ0) is 23.0. The molecule has 1 fully saturated rings. The highest BCUT2D eigenvalue weighted by atomic mass is 35.5. The standard InChI is InChI=1S/C25H19ClFNO4/c1-14-4-3-5-18(12-14)28-22(15-6-9-17(27)10-7-15)21(24(30)25(28)31)23(29)16-8-11-20(32-2)19(26)13-16/h3-13,22,29H,1-2H3/b23-21-. The summed E-state index contributed by atoms with van der Waals surface area (Å²) in [5.74, 6) is -2.06. The number of ketones is 1. The molecule has 0 spiro atoms. The van der Waals surface area contributed by atoms with Crippen molar-refractivity contribution in [1.29, 1.82) is 0 Å². The number of benzene rings is 3. The largest absolute Gasteiger partial charge is 0.507 e. The first-order valence-corrected chi connectivity index (χ1v) is 10.2. The lowest BCUT2D eigenvalue weighted by atomic mass is 9.95.